The normalized spacial score (nSPS) is 25.4. The van der Waals surface area contributed by atoms with Gasteiger partial charge in [-0.05, 0) is 24.6 Å². The van der Waals surface area contributed by atoms with Crippen molar-refractivity contribution in [1.29, 1.82) is 0 Å². The zero-order chi connectivity index (χ0) is 15.0. The van der Waals surface area contributed by atoms with Crippen LogP contribution in [0.1, 0.15) is 18.1 Å². The highest BCUT2D eigenvalue weighted by molar-refractivity contribution is 6.30. The van der Waals surface area contributed by atoms with Crippen LogP contribution < -0.4 is 10.5 Å². The first-order chi connectivity index (χ1) is 10.0. The molecule has 1 amide bonds. The fraction of sp³-hybridized carbons (Fsp3) is 0.533. The van der Waals surface area contributed by atoms with Gasteiger partial charge in [0.05, 0.1) is 12.7 Å². The van der Waals surface area contributed by atoms with Crippen molar-refractivity contribution in [1.82, 2.24) is 4.90 Å². The van der Waals surface area contributed by atoms with Gasteiger partial charge in [0.1, 0.15) is 11.9 Å². The highest BCUT2D eigenvalue weighted by atomic mass is 35.5. The van der Waals surface area contributed by atoms with E-state index >= 15 is 0 Å². The number of carbonyl (C=O) groups is 1. The number of nitrogens with zero attached hydrogens (tertiary/aromatic N) is 1. The molecule has 2 aliphatic heterocycles. The van der Waals surface area contributed by atoms with E-state index in [-0.39, 0.29) is 6.10 Å². The van der Waals surface area contributed by atoms with Crippen LogP contribution in [0.25, 0.3) is 0 Å². The van der Waals surface area contributed by atoms with E-state index in [9.17, 15) is 4.79 Å². The second-order valence-electron chi connectivity index (χ2n) is 5.68. The Balaban J connectivity index is 1.79. The van der Waals surface area contributed by atoms with Crippen molar-refractivity contribution < 1.29 is 14.3 Å². The first-order valence-electron chi connectivity index (χ1n) is 7.14. The van der Waals surface area contributed by atoms with Gasteiger partial charge in [0.2, 0.25) is 5.91 Å². The summed E-state index contributed by atoms with van der Waals surface area (Å²) in [7, 11) is 0. The largest absolute Gasteiger partial charge is 0.493 e. The van der Waals surface area contributed by atoms with Crippen LogP contribution in [-0.2, 0) is 22.5 Å². The molecule has 1 unspecified atom stereocenters. The molecule has 6 heteroatoms. The molecule has 0 radical (unpaired) electrons. The molecule has 1 saturated heterocycles. The molecule has 1 aromatic rings. The topological polar surface area (TPSA) is 64.8 Å². The molecule has 0 bridgehead atoms. The fourth-order valence-corrected chi connectivity index (χ4v) is 3.29. The Hall–Kier alpha value is -1.30. The molecule has 2 aliphatic rings. The van der Waals surface area contributed by atoms with E-state index in [1.807, 2.05) is 19.1 Å². The summed E-state index contributed by atoms with van der Waals surface area (Å²) in [6.07, 6.45) is 0.318. The smallest absolute Gasteiger partial charge is 0.247 e. The minimum atomic E-state index is -0.554. The quantitative estimate of drug-likeness (QED) is 0.915. The number of benzene rings is 1. The molecule has 114 valence electrons. The van der Waals surface area contributed by atoms with Crippen molar-refractivity contribution in [3.05, 3.63) is 28.3 Å². The van der Waals surface area contributed by atoms with E-state index in [4.69, 9.17) is 26.8 Å². The van der Waals surface area contributed by atoms with Gasteiger partial charge >= 0.3 is 0 Å². The number of nitrogens with two attached hydrogens (primary N) is 1. The van der Waals surface area contributed by atoms with Crippen molar-refractivity contribution in [2.75, 3.05) is 19.7 Å². The van der Waals surface area contributed by atoms with Crippen LogP contribution in [0.15, 0.2) is 12.1 Å². The molecular weight excluding hydrogens is 292 g/mol. The van der Waals surface area contributed by atoms with Gasteiger partial charge in [-0.1, -0.05) is 11.6 Å². The van der Waals surface area contributed by atoms with Crippen LogP contribution in [0.4, 0.5) is 0 Å². The molecule has 2 atom stereocenters. The number of primary amides is 1. The average Bonchev–Trinajstić information content (AvgIpc) is 2.86. The zero-order valence-electron chi connectivity index (χ0n) is 12.0. The van der Waals surface area contributed by atoms with E-state index in [0.717, 1.165) is 34.9 Å². The Morgan fingerprint density at radius 1 is 1.48 bits per heavy atom. The lowest BCUT2D eigenvalue weighted by atomic mass is 10.1. The van der Waals surface area contributed by atoms with Crippen LogP contribution in [0.3, 0.4) is 0 Å². The third kappa shape index (κ3) is 3.15. The van der Waals surface area contributed by atoms with Crippen LogP contribution in [0.5, 0.6) is 5.75 Å². The van der Waals surface area contributed by atoms with Crippen molar-refractivity contribution in [3.63, 3.8) is 0 Å². The number of amides is 1. The predicted octanol–water partition coefficient (Wildman–Crippen LogP) is 1.35. The molecule has 3 rings (SSSR count). The molecule has 1 aromatic carbocycles. The maximum Gasteiger partial charge on any atom is 0.247 e. The van der Waals surface area contributed by atoms with Gasteiger partial charge in [-0.15, -0.1) is 0 Å². The number of fused-ring (bicyclic) bond motifs is 1. The standard InChI is InChI=1S/C15H19ClN2O3/c1-9-6-18(8-13(21-9)15(17)19)7-11-5-12(16)4-10-2-3-20-14(10)11/h4-5,9,13H,2-3,6-8H2,1H3,(H2,17,19)/t9-,13?/m1/s1. The van der Waals surface area contributed by atoms with Gasteiger partial charge in [0.25, 0.3) is 0 Å². The SMILES string of the molecule is C[C@@H]1CN(Cc2cc(Cl)cc3c2OCC3)CC(C(N)=O)O1. The molecule has 0 saturated carbocycles. The Morgan fingerprint density at radius 2 is 2.29 bits per heavy atom. The molecule has 0 aliphatic carbocycles. The van der Waals surface area contributed by atoms with Gasteiger partial charge in [0, 0.05) is 36.6 Å². The number of hydrogen-bond acceptors (Lipinski definition) is 4. The summed E-state index contributed by atoms with van der Waals surface area (Å²) in [4.78, 5) is 13.5. The summed E-state index contributed by atoms with van der Waals surface area (Å²) >= 11 is 6.18. The van der Waals surface area contributed by atoms with E-state index in [2.05, 4.69) is 4.90 Å². The molecule has 2 N–H and O–H groups in total. The highest BCUT2D eigenvalue weighted by Gasteiger charge is 2.30. The molecule has 2 heterocycles. The minimum Gasteiger partial charge on any atom is -0.493 e. The molecule has 21 heavy (non-hydrogen) atoms. The number of halogens is 1. The van der Waals surface area contributed by atoms with Gasteiger partial charge in [-0.2, -0.15) is 0 Å². The highest BCUT2D eigenvalue weighted by Crippen LogP contribution is 2.34. The number of rotatable bonds is 3. The van der Waals surface area contributed by atoms with Crippen molar-refractivity contribution in [2.45, 2.75) is 32.1 Å². The lowest BCUT2D eigenvalue weighted by molar-refractivity contribution is -0.142. The molecule has 0 aromatic heterocycles. The first kappa shape index (κ1) is 14.6. The monoisotopic (exact) mass is 310 g/mol. The second-order valence-corrected chi connectivity index (χ2v) is 6.12. The lowest BCUT2D eigenvalue weighted by Crippen LogP contribution is -2.51. The summed E-state index contributed by atoms with van der Waals surface area (Å²) in [6.45, 7) is 4.58. The summed E-state index contributed by atoms with van der Waals surface area (Å²) < 4.78 is 11.3. The van der Waals surface area contributed by atoms with Gasteiger partial charge in [-0.25, -0.2) is 0 Å². The third-order valence-corrected chi connectivity index (χ3v) is 4.09. The van der Waals surface area contributed by atoms with Crippen molar-refractivity contribution in [3.8, 4) is 5.75 Å². The fourth-order valence-electron chi connectivity index (χ4n) is 3.03. The van der Waals surface area contributed by atoms with Gasteiger partial charge < -0.3 is 15.2 Å². The average molecular weight is 311 g/mol. The Labute approximate surface area is 128 Å². The first-order valence-corrected chi connectivity index (χ1v) is 7.52. The summed E-state index contributed by atoms with van der Waals surface area (Å²) in [5, 5.41) is 0.724. The second kappa shape index (κ2) is 5.83. The van der Waals surface area contributed by atoms with Crippen molar-refractivity contribution in [2.24, 2.45) is 5.73 Å². The lowest BCUT2D eigenvalue weighted by Gasteiger charge is -2.35. The van der Waals surface area contributed by atoms with E-state index < -0.39 is 12.0 Å². The third-order valence-electron chi connectivity index (χ3n) is 3.87. The van der Waals surface area contributed by atoms with Gasteiger partial charge in [0.15, 0.2) is 0 Å². The van der Waals surface area contributed by atoms with E-state index in [0.29, 0.717) is 19.7 Å². The van der Waals surface area contributed by atoms with Crippen LogP contribution in [0.2, 0.25) is 5.02 Å². The maximum absolute atomic E-state index is 11.4. The Bertz CT molecular complexity index is 564. The minimum absolute atomic E-state index is 0.0237. The molecular formula is C15H19ClN2O3. The summed E-state index contributed by atoms with van der Waals surface area (Å²) in [6, 6.07) is 3.90. The van der Waals surface area contributed by atoms with Gasteiger partial charge in [-0.3, -0.25) is 9.69 Å². The zero-order valence-corrected chi connectivity index (χ0v) is 12.7. The summed E-state index contributed by atoms with van der Waals surface area (Å²) in [5.41, 5.74) is 7.58. The Kier molecular flexibility index (Phi) is 4.06. The predicted molar refractivity (Wildman–Crippen MR) is 79.5 cm³/mol. The van der Waals surface area contributed by atoms with Crippen LogP contribution in [0, 0.1) is 0 Å². The number of carbonyl (C=O) groups excluding carboxylic acids is 1. The van der Waals surface area contributed by atoms with E-state index in [1.54, 1.807) is 0 Å². The maximum atomic E-state index is 11.4. The number of ether oxygens (including phenoxy) is 2. The molecule has 0 spiro atoms. The summed E-state index contributed by atoms with van der Waals surface area (Å²) in [5.74, 6) is 0.522. The molecule has 1 fully saturated rings. The number of morpholine rings is 1. The Morgan fingerprint density at radius 3 is 3.05 bits per heavy atom. The van der Waals surface area contributed by atoms with Crippen molar-refractivity contribution >= 4 is 17.5 Å². The van der Waals surface area contributed by atoms with Crippen LogP contribution >= 0.6 is 11.6 Å². The number of hydrogen-bond donors (Lipinski definition) is 1. The molecule has 5 nitrogen and oxygen atoms in total. The van der Waals surface area contributed by atoms with E-state index in [1.165, 1.54) is 0 Å². The van der Waals surface area contributed by atoms with Crippen LogP contribution in [-0.4, -0.2) is 42.7 Å².